The van der Waals surface area contributed by atoms with Crippen LogP contribution >= 0.6 is 11.3 Å². The van der Waals surface area contributed by atoms with Crippen molar-refractivity contribution in [1.82, 2.24) is 0 Å². The van der Waals surface area contributed by atoms with E-state index in [2.05, 4.69) is 5.32 Å². The lowest BCUT2D eigenvalue weighted by Crippen LogP contribution is -2.15. The molecule has 1 aromatic carbocycles. The van der Waals surface area contributed by atoms with E-state index in [-0.39, 0.29) is 17.9 Å². The van der Waals surface area contributed by atoms with Crippen LogP contribution in [0, 0.1) is 6.92 Å². The Morgan fingerprint density at radius 3 is 2.79 bits per heavy atom. The molecule has 0 radical (unpaired) electrons. The molecule has 0 aliphatic heterocycles. The Morgan fingerprint density at radius 2 is 2.11 bits per heavy atom. The van der Waals surface area contributed by atoms with E-state index in [9.17, 15) is 9.59 Å². The lowest BCUT2D eigenvalue weighted by molar-refractivity contribution is -0.115. The molecule has 0 spiro atoms. The summed E-state index contributed by atoms with van der Waals surface area (Å²) in [7, 11) is 0. The molecule has 0 aliphatic carbocycles. The second kappa shape index (κ2) is 5.67. The van der Waals surface area contributed by atoms with Gasteiger partial charge >= 0.3 is 5.97 Å². The van der Waals surface area contributed by atoms with Gasteiger partial charge in [-0.3, -0.25) is 4.79 Å². The summed E-state index contributed by atoms with van der Waals surface area (Å²) in [5.41, 5.74) is 2.13. The Kier molecular flexibility index (Phi) is 3.97. The lowest BCUT2D eigenvalue weighted by atomic mass is 10.1. The Hall–Kier alpha value is -2.14. The molecule has 19 heavy (non-hydrogen) atoms. The minimum atomic E-state index is -1.04. The molecule has 2 aromatic rings. The van der Waals surface area contributed by atoms with Crippen LogP contribution in [0.4, 0.5) is 5.00 Å². The summed E-state index contributed by atoms with van der Waals surface area (Å²) >= 11 is 1.21. The number of nitrogens with one attached hydrogen (secondary N) is 1. The highest BCUT2D eigenvalue weighted by atomic mass is 32.1. The van der Waals surface area contributed by atoms with Crippen LogP contribution in [0.5, 0.6) is 0 Å². The molecular formula is C14H13NO3S. The van der Waals surface area contributed by atoms with Crippen molar-refractivity contribution in [2.45, 2.75) is 13.3 Å². The molecule has 2 rings (SSSR count). The molecule has 0 bridgehead atoms. The summed E-state index contributed by atoms with van der Waals surface area (Å²) in [6, 6.07) is 9.15. The summed E-state index contributed by atoms with van der Waals surface area (Å²) < 4.78 is 0. The number of anilines is 1. The number of carboxylic acid groups (broad SMARTS) is 1. The maximum atomic E-state index is 11.9. The first-order valence-corrected chi connectivity index (χ1v) is 6.60. The van der Waals surface area contributed by atoms with E-state index in [0.29, 0.717) is 5.00 Å². The Balaban J connectivity index is 2.05. The maximum Gasteiger partial charge on any atom is 0.338 e. The molecule has 1 aromatic heterocycles. The van der Waals surface area contributed by atoms with Gasteiger partial charge in [-0.2, -0.15) is 0 Å². The van der Waals surface area contributed by atoms with Crippen LogP contribution < -0.4 is 5.32 Å². The largest absolute Gasteiger partial charge is 0.478 e. The number of carboxylic acids is 1. The maximum absolute atomic E-state index is 11.9. The molecule has 0 saturated heterocycles. The smallest absolute Gasteiger partial charge is 0.338 e. The Bertz CT molecular complexity index is 619. The molecule has 5 heteroatoms. The topological polar surface area (TPSA) is 66.4 Å². The summed E-state index contributed by atoms with van der Waals surface area (Å²) in [5, 5.41) is 13.6. The van der Waals surface area contributed by atoms with Gasteiger partial charge in [-0.05, 0) is 23.9 Å². The zero-order valence-corrected chi connectivity index (χ0v) is 11.2. The van der Waals surface area contributed by atoms with Crippen LogP contribution in [-0.2, 0) is 11.2 Å². The van der Waals surface area contributed by atoms with Crippen molar-refractivity contribution in [2.24, 2.45) is 0 Å². The van der Waals surface area contributed by atoms with Crippen molar-refractivity contribution in [2.75, 3.05) is 5.32 Å². The molecular weight excluding hydrogens is 262 g/mol. The number of benzene rings is 1. The van der Waals surface area contributed by atoms with Gasteiger partial charge in [-0.25, -0.2) is 4.79 Å². The van der Waals surface area contributed by atoms with E-state index in [1.165, 1.54) is 17.4 Å². The number of carbonyl (C=O) groups excluding carboxylic acids is 1. The minimum absolute atomic E-state index is 0.127. The molecule has 0 unspecified atom stereocenters. The van der Waals surface area contributed by atoms with Gasteiger partial charge in [0, 0.05) is 0 Å². The molecule has 1 heterocycles. The monoisotopic (exact) mass is 275 g/mol. The molecule has 0 fully saturated rings. The van der Waals surface area contributed by atoms with Crippen LogP contribution in [0.3, 0.4) is 0 Å². The minimum Gasteiger partial charge on any atom is -0.478 e. The number of hydrogen-bond acceptors (Lipinski definition) is 3. The van der Waals surface area contributed by atoms with Gasteiger partial charge in [0.15, 0.2) is 0 Å². The molecule has 2 N–H and O–H groups in total. The fraction of sp³-hybridized carbons (Fsp3) is 0.143. The Morgan fingerprint density at radius 1 is 1.32 bits per heavy atom. The highest BCUT2D eigenvalue weighted by molar-refractivity contribution is 7.14. The van der Waals surface area contributed by atoms with E-state index in [0.717, 1.165) is 11.1 Å². The van der Waals surface area contributed by atoms with E-state index in [4.69, 9.17) is 5.11 Å². The van der Waals surface area contributed by atoms with Crippen LogP contribution in [0.2, 0.25) is 0 Å². The van der Waals surface area contributed by atoms with Gasteiger partial charge in [0.25, 0.3) is 0 Å². The van der Waals surface area contributed by atoms with Gasteiger partial charge in [-0.15, -0.1) is 11.3 Å². The summed E-state index contributed by atoms with van der Waals surface area (Å²) in [6.45, 7) is 1.96. The molecule has 4 nitrogen and oxygen atoms in total. The van der Waals surface area contributed by atoms with Crippen LogP contribution in [0.15, 0.2) is 35.7 Å². The number of aromatic carboxylic acids is 1. The third kappa shape index (κ3) is 3.42. The summed E-state index contributed by atoms with van der Waals surface area (Å²) in [5.74, 6) is -1.25. The van der Waals surface area contributed by atoms with E-state index in [1.807, 2.05) is 31.2 Å². The van der Waals surface area contributed by atoms with E-state index >= 15 is 0 Å². The van der Waals surface area contributed by atoms with Gasteiger partial charge in [0.1, 0.15) is 5.00 Å². The van der Waals surface area contributed by atoms with E-state index in [1.54, 1.807) is 5.38 Å². The number of carbonyl (C=O) groups is 2. The Labute approximate surface area is 114 Å². The van der Waals surface area contributed by atoms with Crippen LogP contribution in [0.1, 0.15) is 21.5 Å². The SMILES string of the molecule is Cc1cccc(CC(=O)Nc2sccc2C(=O)O)c1. The van der Waals surface area contributed by atoms with Crippen LogP contribution in [0.25, 0.3) is 0 Å². The van der Waals surface area contributed by atoms with Crippen LogP contribution in [-0.4, -0.2) is 17.0 Å². The molecule has 0 atom stereocenters. The van der Waals surface area contributed by atoms with Crippen molar-refractivity contribution in [3.63, 3.8) is 0 Å². The van der Waals surface area contributed by atoms with Gasteiger partial charge < -0.3 is 10.4 Å². The fourth-order valence-corrected chi connectivity index (χ4v) is 2.55. The molecule has 0 aliphatic rings. The lowest BCUT2D eigenvalue weighted by Gasteiger charge is -2.05. The van der Waals surface area contributed by atoms with Crippen molar-refractivity contribution >= 4 is 28.2 Å². The van der Waals surface area contributed by atoms with Crippen molar-refractivity contribution in [1.29, 1.82) is 0 Å². The fourth-order valence-electron chi connectivity index (χ4n) is 1.75. The molecule has 0 saturated carbocycles. The quantitative estimate of drug-likeness (QED) is 0.901. The predicted molar refractivity (Wildman–Crippen MR) is 74.8 cm³/mol. The zero-order valence-electron chi connectivity index (χ0n) is 10.3. The van der Waals surface area contributed by atoms with Gasteiger partial charge in [-0.1, -0.05) is 29.8 Å². The third-order valence-electron chi connectivity index (χ3n) is 2.60. The predicted octanol–water partition coefficient (Wildman–Crippen LogP) is 2.94. The second-order valence-electron chi connectivity index (χ2n) is 4.18. The zero-order chi connectivity index (χ0) is 13.8. The third-order valence-corrected chi connectivity index (χ3v) is 3.43. The number of aryl methyl sites for hydroxylation is 1. The summed E-state index contributed by atoms with van der Waals surface area (Å²) in [4.78, 5) is 22.8. The normalized spacial score (nSPS) is 10.2. The highest BCUT2D eigenvalue weighted by Gasteiger charge is 2.13. The van der Waals surface area contributed by atoms with Gasteiger partial charge in [0.2, 0.25) is 5.91 Å². The standard InChI is InChI=1S/C14H13NO3S/c1-9-3-2-4-10(7-9)8-12(16)15-13-11(14(17)18)5-6-19-13/h2-7H,8H2,1H3,(H,15,16)(H,17,18). The first-order valence-electron chi connectivity index (χ1n) is 5.72. The first kappa shape index (κ1) is 13.3. The van der Waals surface area contributed by atoms with Crippen molar-refractivity contribution in [3.05, 3.63) is 52.4 Å². The number of rotatable bonds is 4. The molecule has 1 amide bonds. The van der Waals surface area contributed by atoms with E-state index < -0.39 is 5.97 Å². The van der Waals surface area contributed by atoms with Crippen molar-refractivity contribution in [3.8, 4) is 0 Å². The molecule has 98 valence electrons. The van der Waals surface area contributed by atoms with Gasteiger partial charge in [0.05, 0.1) is 12.0 Å². The summed E-state index contributed by atoms with van der Waals surface area (Å²) in [6.07, 6.45) is 0.235. The first-order chi connectivity index (χ1) is 9.06. The second-order valence-corrected chi connectivity index (χ2v) is 5.10. The average molecular weight is 275 g/mol. The van der Waals surface area contributed by atoms with Crippen molar-refractivity contribution < 1.29 is 14.7 Å². The highest BCUT2D eigenvalue weighted by Crippen LogP contribution is 2.23. The number of amides is 1. The number of thiophene rings is 1. The number of hydrogen-bond donors (Lipinski definition) is 2. The average Bonchev–Trinajstić information content (AvgIpc) is 2.76.